The number of nitrogens with one attached hydrogen (secondary N) is 2. The number of anilines is 1. The van der Waals surface area contributed by atoms with Gasteiger partial charge in [0.15, 0.2) is 0 Å². The van der Waals surface area contributed by atoms with E-state index in [0.29, 0.717) is 36.2 Å². The van der Waals surface area contributed by atoms with E-state index < -0.39 is 0 Å². The molecule has 1 saturated carbocycles. The number of nitrogens with two attached hydrogens (primary N) is 1. The van der Waals surface area contributed by atoms with Crippen molar-refractivity contribution in [3.8, 4) is 0 Å². The van der Waals surface area contributed by atoms with Gasteiger partial charge in [-0.1, -0.05) is 6.92 Å². The molecule has 1 aliphatic rings. The summed E-state index contributed by atoms with van der Waals surface area (Å²) in [6.07, 6.45) is 3.05. The number of nitrogen functional groups attached to an aromatic ring is 1. The van der Waals surface area contributed by atoms with Gasteiger partial charge in [-0.05, 0) is 19.3 Å². The molecule has 5 heteroatoms. The zero-order chi connectivity index (χ0) is 10.8. The zero-order valence-electron chi connectivity index (χ0n) is 8.84. The maximum absolute atomic E-state index is 11.5. The molecule has 1 fully saturated rings. The average molecular weight is 208 g/mol. The Morgan fingerprint density at radius 2 is 2.33 bits per heavy atom. The monoisotopic (exact) mass is 208 g/mol. The lowest BCUT2D eigenvalue weighted by Gasteiger charge is -2.05. The highest BCUT2D eigenvalue weighted by Gasteiger charge is 2.20. The minimum Gasteiger partial charge on any atom is -0.383 e. The molecule has 0 saturated heterocycles. The van der Waals surface area contributed by atoms with Crippen LogP contribution in [-0.2, 0) is 13.0 Å². The van der Waals surface area contributed by atoms with Crippen molar-refractivity contribution >= 4 is 5.82 Å². The molecule has 0 atom stereocenters. The largest absolute Gasteiger partial charge is 0.383 e. The fourth-order valence-corrected chi connectivity index (χ4v) is 1.52. The third kappa shape index (κ3) is 2.36. The van der Waals surface area contributed by atoms with Crippen LogP contribution in [0.4, 0.5) is 5.82 Å². The summed E-state index contributed by atoms with van der Waals surface area (Å²) in [4.78, 5) is 18.5. The number of aromatic amines is 1. The lowest BCUT2D eigenvalue weighted by molar-refractivity contribution is 0.654. The third-order valence-electron chi connectivity index (χ3n) is 2.59. The molecule has 4 N–H and O–H groups in total. The van der Waals surface area contributed by atoms with Gasteiger partial charge in [-0.15, -0.1) is 0 Å². The van der Waals surface area contributed by atoms with Gasteiger partial charge < -0.3 is 16.0 Å². The van der Waals surface area contributed by atoms with Crippen molar-refractivity contribution in [2.75, 3.05) is 5.73 Å². The summed E-state index contributed by atoms with van der Waals surface area (Å²) in [5.41, 5.74) is 6.16. The van der Waals surface area contributed by atoms with E-state index in [-0.39, 0.29) is 5.56 Å². The third-order valence-corrected chi connectivity index (χ3v) is 2.59. The van der Waals surface area contributed by atoms with Crippen molar-refractivity contribution in [1.82, 2.24) is 15.3 Å². The first kappa shape index (κ1) is 10.2. The zero-order valence-corrected chi connectivity index (χ0v) is 8.84. The number of hydrogen-bond donors (Lipinski definition) is 3. The number of nitrogens with zero attached hydrogens (tertiary/aromatic N) is 1. The minimum absolute atomic E-state index is 0.113. The first-order valence-corrected chi connectivity index (χ1v) is 5.31. The highest BCUT2D eigenvalue weighted by atomic mass is 16.1. The SMILES string of the molecule is CCc1c(N)nc(CNC2CC2)[nH]c1=O. The molecule has 15 heavy (non-hydrogen) atoms. The predicted octanol–water partition coefficient (Wildman–Crippen LogP) is 0.166. The topological polar surface area (TPSA) is 83.8 Å². The first-order valence-electron chi connectivity index (χ1n) is 5.31. The second-order valence-corrected chi connectivity index (χ2v) is 3.89. The van der Waals surface area contributed by atoms with Gasteiger partial charge in [0.2, 0.25) is 0 Å². The number of rotatable bonds is 4. The van der Waals surface area contributed by atoms with Crippen molar-refractivity contribution < 1.29 is 0 Å². The van der Waals surface area contributed by atoms with Crippen LogP contribution in [-0.4, -0.2) is 16.0 Å². The average Bonchev–Trinajstić information content (AvgIpc) is 2.97. The van der Waals surface area contributed by atoms with E-state index in [1.807, 2.05) is 6.92 Å². The molecule has 5 nitrogen and oxygen atoms in total. The molecule has 1 aromatic heterocycles. The second kappa shape index (κ2) is 4.02. The summed E-state index contributed by atoms with van der Waals surface area (Å²) < 4.78 is 0. The van der Waals surface area contributed by atoms with Crippen LogP contribution in [0.1, 0.15) is 31.2 Å². The van der Waals surface area contributed by atoms with Gasteiger partial charge in [0.1, 0.15) is 11.6 Å². The van der Waals surface area contributed by atoms with Crippen molar-refractivity contribution in [3.63, 3.8) is 0 Å². The van der Waals surface area contributed by atoms with Crippen molar-refractivity contribution in [1.29, 1.82) is 0 Å². The number of H-pyrrole nitrogens is 1. The van der Waals surface area contributed by atoms with Gasteiger partial charge >= 0.3 is 0 Å². The highest BCUT2D eigenvalue weighted by Crippen LogP contribution is 2.18. The molecular weight excluding hydrogens is 192 g/mol. The van der Waals surface area contributed by atoms with E-state index in [1.165, 1.54) is 12.8 Å². The molecule has 0 radical (unpaired) electrons. The molecule has 1 heterocycles. The van der Waals surface area contributed by atoms with E-state index in [1.54, 1.807) is 0 Å². The Morgan fingerprint density at radius 3 is 2.87 bits per heavy atom. The van der Waals surface area contributed by atoms with E-state index in [0.717, 1.165) is 0 Å². The molecule has 1 aromatic rings. The van der Waals surface area contributed by atoms with Gasteiger partial charge in [0.25, 0.3) is 5.56 Å². The first-order chi connectivity index (χ1) is 7.20. The quantitative estimate of drug-likeness (QED) is 0.658. The summed E-state index contributed by atoms with van der Waals surface area (Å²) in [5.74, 6) is 0.982. The van der Waals surface area contributed by atoms with Crippen LogP contribution in [0, 0.1) is 0 Å². The summed E-state index contributed by atoms with van der Waals surface area (Å²) >= 11 is 0. The lowest BCUT2D eigenvalue weighted by Crippen LogP contribution is -2.24. The van der Waals surface area contributed by atoms with Crippen LogP contribution in [0.15, 0.2) is 4.79 Å². The normalized spacial score (nSPS) is 15.5. The second-order valence-electron chi connectivity index (χ2n) is 3.89. The summed E-state index contributed by atoms with van der Waals surface area (Å²) in [5, 5.41) is 3.28. The van der Waals surface area contributed by atoms with Gasteiger partial charge in [0, 0.05) is 6.04 Å². The molecule has 2 rings (SSSR count). The smallest absolute Gasteiger partial charge is 0.256 e. The molecule has 82 valence electrons. The molecule has 0 spiro atoms. The van der Waals surface area contributed by atoms with E-state index in [2.05, 4.69) is 15.3 Å². The maximum atomic E-state index is 11.5. The van der Waals surface area contributed by atoms with Crippen LogP contribution in [0.5, 0.6) is 0 Å². The Balaban J connectivity index is 2.14. The summed E-state index contributed by atoms with van der Waals surface area (Å²) in [7, 11) is 0. The van der Waals surface area contributed by atoms with Gasteiger partial charge in [-0.2, -0.15) is 0 Å². The Morgan fingerprint density at radius 1 is 1.60 bits per heavy atom. The van der Waals surface area contributed by atoms with E-state index >= 15 is 0 Å². The molecule has 1 aliphatic carbocycles. The highest BCUT2D eigenvalue weighted by molar-refractivity contribution is 5.37. The van der Waals surface area contributed by atoms with Gasteiger partial charge in [0.05, 0.1) is 12.1 Å². The minimum atomic E-state index is -0.113. The fraction of sp³-hybridized carbons (Fsp3) is 0.600. The van der Waals surface area contributed by atoms with Crippen molar-refractivity contribution in [3.05, 3.63) is 21.7 Å². The van der Waals surface area contributed by atoms with Crippen LogP contribution in [0.25, 0.3) is 0 Å². The van der Waals surface area contributed by atoms with Crippen molar-refractivity contribution in [2.24, 2.45) is 0 Å². The fourth-order valence-electron chi connectivity index (χ4n) is 1.52. The van der Waals surface area contributed by atoms with Gasteiger partial charge in [-0.3, -0.25) is 4.79 Å². The predicted molar refractivity (Wildman–Crippen MR) is 58.5 cm³/mol. The maximum Gasteiger partial charge on any atom is 0.256 e. The molecule has 0 amide bonds. The Labute approximate surface area is 88.1 Å². The molecule has 0 aliphatic heterocycles. The summed E-state index contributed by atoms with van der Waals surface area (Å²) in [6, 6.07) is 0.599. The van der Waals surface area contributed by atoms with Crippen LogP contribution >= 0.6 is 0 Å². The Bertz CT molecular complexity index is 408. The standard InChI is InChI=1S/C10H16N4O/c1-2-7-9(11)13-8(14-10(7)15)5-12-6-3-4-6/h6,12H,2-5H2,1H3,(H3,11,13,14,15). The molecule has 0 aromatic carbocycles. The van der Waals surface area contributed by atoms with Gasteiger partial charge in [-0.25, -0.2) is 4.98 Å². The molecule has 0 unspecified atom stereocenters. The van der Waals surface area contributed by atoms with E-state index in [9.17, 15) is 4.79 Å². The summed E-state index contributed by atoms with van der Waals surface area (Å²) in [6.45, 7) is 2.48. The number of hydrogen-bond acceptors (Lipinski definition) is 4. The Kier molecular flexibility index (Phi) is 2.73. The van der Waals surface area contributed by atoms with E-state index in [4.69, 9.17) is 5.73 Å². The Hall–Kier alpha value is -1.36. The number of aromatic nitrogens is 2. The van der Waals surface area contributed by atoms with Crippen LogP contribution < -0.4 is 16.6 Å². The van der Waals surface area contributed by atoms with Crippen LogP contribution in [0.3, 0.4) is 0 Å². The lowest BCUT2D eigenvalue weighted by atomic mass is 10.2. The van der Waals surface area contributed by atoms with Crippen molar-refractivity contribution in [2.45, 2.75) is 38.8 Å². The molecular formula is C10H16N4O. The van der Waals surface area contributed by atoms with Crippen LogP contribution in [0.2, 0.25) is 0 Å². The molecule has 0 bridgehead atoms.